The molecule has 0 unspecified atom stereocenters. The van der Waals surface area contributed by atoms with Gasteiger partial charge in [0.25, 0.3) is 0 Å². The number of rotatable bonds is 3. The molecule has 18 heavy (non-hydrogen) atoms. The Balaban J connectivity index is 2.12. The topological polar surface area (TPSA) is 74.7 Å². The van der Waals surface area contributed by atoms with Crippen molar-refractivity contribution in [1.29, 1.82) is 5.26 Å². The van der Waals surface area contributed by atoms with E-state index in [2.05, 4.69) is 10.3 Å². The van der Waals surface area contributed by atoms with Crippen LogP contribution in [0.5, 0.6) is 0 Å². The Kier molecular flexibility index (Phi) is 3.39. The first-order valence-corrected chi connectivity index (χ1v) is 5.34. The van der Waals surface area contributed by atoms with Crippen LogP contribution in [0, 0.1) is 17.1 Å². The van der Waals surface area contributed by atoms with Gasteiger partial charge in [0.1, 0.15) is 17.7 Å². The number of pyridine rings is 1. The van der Waals surface area contributed by atoms with E-state index in [-0.39, 0.29) is 11.5 Å². The van der Waals surface area contributed by atoms with Crippen molar-refractivity contribution in [3.8, 4) is 6.07 Å². The molecule has 0 saturated heterocycles. The van der Waals surface area contributed by atoms with Crippen LogP contribution in [-0.2, 0) is 6.54 Å². The maximum absolute atomic E-state index is 13.4. The lowest BCUT2D eigenvalue weighted by Crippen LogP contribution is -2.05. The molecule has 0 amide bonds. The van der Waals surface area contributed by atoms with E-state index in [0.717, 1.165) is 0 Å². The second-order valence-corrected chi connectivity index (χ2v) is 3.69. The van der Waals surface area contributed by atoms with E-state index in [1.807, 2.05) is 6.07 Å². The molecule has 0 aliphatic rings. The molecule has 2 aromatic rings. The monoisotopic (exact) mass is 242 g/mol. The fourth-order valence-corrected chi connectivity index (χ4v) is 1.49. The summed E-state index contributed by atoms with van der Waals surface area (Å²) in [6, 6.07) is 11.6. The van der Waals surface area contributed by atoms with Crippen LogP contribution in [0.15, 0.2) is 36.4 Å². The van der Waals surface area contributed by atoms with Crippen LogP contribution in [0.1, 0.15) is 11.3 Å². The van der Waals surface area contributed by atoms with Crippen molar-refractivity contribution < 1.29 is 4.39 Å². The minimum Gasteiger partial charge on any atom is -0.396 e. The Hall–Kier alpha value is -2.61. The van der Waals surface area contributed by atoms with Crippen molar-refractivity contribution in [1.82, 2.24) is 4.98 Å². The lowest BCUT2D eigenvalue weighted by molar-refractivity contribution is 0.613. The molecular weight excluding hydrogens is 231 g/mol. The lowest BCUT2D eigenvalue weighted by atomic mass is 10.2. The zero-order valence-electron chi connectivity index (χ0n) is 9.52. The van der Waals surface area contributed by atoms with Gasteiger partial charge in [-0.2, -0.15) is 5.26 Å². The van der Waals surface area contributed by atoms with E-state index in [1.165, 1.54) is 6.07 Å². The summed E-state index contributed by atoms with van der Waals surface area (Å²) >= 11 is 0. The van der Waals surface area contributed by atoms with Gasteiger partial charge in [-0.1, -0.05) is 18.2 Å². The van der Waals surface area contributed by atoms with Crippen LogP contribution in [-0.4, -0.2) is 4.98 Å². The minimum absolute atomic E-state index is 0.161. The lowest BCUT2D eigenvalue weighted by Gasteiger charge is -2.07. The van der Waals surface area contributed by atoms with Gasteiger partial charge in [0.15, 0.2) is 5.69 Å². The highest BCUT2D eigenvalue weighted by molar-refractivity contribution is 5.54. The number of aromatic nitrogens is 1. The van der Waals surface area contributed by atoms with E-state index in [0.29, 0.717) is 23.6 Å². The van der Waals surface area contributed by atoms with Crippen molar-refractivity contribution in [2.24, 2.45) is 0 Å². The molecular formula is C13H11FN4. The standard InChI is InChI=1S/C13H11FN4/c14-10-4-2-1-3-9(10)8-17-13-6-5-11(16)12(7-15)18-13/h1-6H,8,16H2,(H,17,18). The quantitative estimate of drug-likeness (QED) is 0.865. The maximum Gasteiger partial charge on any atom is 0.165 e. The van der Waals surface area contributed by atoms with Gasteiger partial charge < -0.3 is 11.1 Å². The van der Waals surface area contributed by atoms with E-state index in [9.17, 15) is 4.39 Å². The smallest absolute Gasteiger partial charge is 0.165 e. The highest BCUT2D eigenvalue weighted by Gasteiger charge is 2.03. The van der Waals surface area contributed by atoms with Crippen molar-refractivity contribution in [2.75, 3.05) is 11.1 Å². The van der Waals surface area contributed by atoms with E-state index < -0.39 is 0 Å². The molecule has 2 rings (SSSR count). The Labute approximate surface area is 104 Å². The number of anilines is 2. The zero-order valence-corrected chi connectivity index (χ0v) is 9.52. The third kappa shape index (κ3) is 2.55. The SMILES string of the molecule is N#Cc1nc(NCc2ccccc2F)ccc1N. The average Bonchev–Trinajstić information content (AvgIpc) is 2.39. The van der Waals surface area contributed by atoms with Gasteiger partial charge in [-0.25, -0.2) is 9.37 Å². The molecule has 1 aromatic heterocycles. The molecule has 0 aliphatic carbocycles. The summed E-state index contributed by atoms with van der Waals surface area (Å²) in [7, 11) is 0. The number of hydrogen-bond acceptors (Lipinski definition) is 4. The molecule has 90 valence electrons. The zero-order chi connectivity index (χ0) is 13.0. The third-order valence-corrected chi connectivity index (χ3v) is 2.45. The summed E-state index contributed by atoms with van der Waals surface area (Å²) in [5.74, 6) is 0.213. The van der Waals surface area contributed by atoms with Crippen LogP contribution in [0.4, 0.5) is 15.9 Å². The molecule has 0 saturated carbocycles. The van der Waals surface area contributed by atoms with Gasteiger partial charge in [-0.15, -0.1) is 0 Å². The molecule has 1 heterocycles. The molecule has 0 spiro atoms. The van der Waals surface area contributed by atoms with Crippen molar-refractivity contribution >= 4 is 11.5 Å². The van der Waals surface area contributed by atoms with Crippen molar-refractivity contribution in [3.05, 3.63) is 53.5 Å². The van der Waals surface area contributed by atoms with Gasteiger partial charge in [-0.3, -0.25) is 0 Å². The van der Waals surface area contributed by atoms with Gasteiger partial charge in [0.05, 0.1) is 5.69 Å². The second-order valence-electron chi connectivity index (χ2n) is 3.69. The van der Waals surface area contributed by atoms with Gasteiger partial charge in [0, 0.05) is 12.1 Å². The molecule has 4 nitrogen and oxygen atoms in total. The van der Waals surface area contributed by atoms with Crippen LogP contribution in [0.3, 0.4) is 0 Å². The average molecular weight is 242 g/mol. The fraction of sp³-hybridized carbons (Fsp3) is 0.0769. The molecule has 0 fully saturated rings. The van der Waals surface area contributed by atoms with Crippen LogP contribution < -0.4 is 11.1 Å². The Bertz CT molecular complexity index is 604. The first kappa shape index (κ1) is 11.9. The van der Waals surface area contributed by atoms with Gasteiger partial charge in [0.2, 0.25) is 0 Å². The number of hydrogen-bond donors (Lipinski definition) is 2. The van der Waals surface area contributed by atoms with Gasteiger partial charge in [-0.05, 0) is 18.2 Å². The molecule has 5 heteroatoms. The molecule has 0 aliphatic heterocycles. The van der Waals surface area contributed by atoms with E-state index in [4.69, 9.17) is 11.0 Å². The van der Waals surface area contributed by atoms with Crippen LogP contribution in [0.2, 0.25) is 0 Å². The minimum atomic E-state index is -0.277. The summed E-state index contributed by atoms with van der Waals surface area (Å²) in [5.41, 5.74) is 6.58. The number of nitrogen functional groups attached to an aromatic ring is 1. The van der Waals surface area contributed by atoms with E-state index in [1.54, 1.807) is 30.3 Å². The Morgan fingerprint density at radius 3 is 2.78 bits per heavy atom. The molecule has 0 radical (unpaired) electrons. The second kappa shape index (κ2) is 5.15. The number of nitriles is 1. The number of benzene rings is 1. The van der Waals surface area contributed by atoms with Crippen LogP contribution >= 0.6 is 0 Å². The summed E-state index contributed by atoms with van der Waals surface area (Å²) in [6.45, 7) is 0.300. The summed E-state index contributed by atoms with van der Waals surface area (Å²) in [6.07, 6.45) is 0. The predicted octanol–water partition coefficient (Wildman–Crippen LogP) is 2.29. The van der Waals surface area contributed by atoms with Crippen molar-refractivity contribution in [2.45, 2.75) is 6.54 Å². The largest absolute Gasteiger partial charge is 0.396 e. The number of nitrogens with two attached hydrogens (primary N) is 1. The summed E-state index contributed by atoms with van der Waals surface area (Å²) < 4.78 is 13.4. The fourth-order valence-electron chi connectivity index (χ4n) is 1.49. The van der Waals surface area contributed by atoms with Crippen LogP contribution in [0.25, 0.3) is 0 Å². The van der Waals surface area contributed by atoms with E-state index >= 15 is 0 Å². The van der Waals surface area contributed by atoms with Gasteiger partial charge >= 0.3 is 0 Å². The first-order valence-electron chi connectivity index (χ1n) is 5.34. The molecule has 3 N–H and O–H groups in total. The molecule has 0 atom stereocenters. The third-order valence-electron chi connectivity index (χ3n) is 2.45. The Morgan fingerprint density at radius 2 is 2.06 bits per heavy atom. The number of nitrogens with zero attached hydrogens (tertiary/aromatic N) is 2. The predicted molar refractivity (Wildman–Crippen MR) is 67.1 cm³/mol. The summed E-state index contributed by atoms with van der Waals surface area (Å²) in [5, 5.41) is 11.7. The highest BCUT2D eigenvalue weighted by Crippen LogP contribution is 2.14. The number of nitrogens with one attached hydrogen (secondary N) is 1. The molecule has 0 bridgehead atoms. The maximum atomic E-state index is 13.4. The molecule has 1 aromatic carbocycles. The first-order chi connectivity index (χ1) is 8.70. The van der Waals surface area contributed by atoms with Crippen molar-refractivity contribution in [3.63, 3.8) is 0 Å². The summed E-state index contributed by atoms with van der Waals surface area (Å²) in [4.78, 5) is 4.02. The normalized spacial score (nSPS) is 9.78. The Morgan fingerprint density at radius 1 is 1.28 bits per heavy atom. The highest BCUT2D eigenvalue weighted by atomic mass is 19.1. The number of halogens is 1.